The molecule has 1 radical (unpaired) electrons. The van der Waals surface area contributed by atoms with Crippen LogP contribution in [-0.2, 0) is 53.6 Å². The van der Waals surface area contributed by atoms with E-state index in [2.05, 4.69) is 10.1 Å². The van der Waals surface area contributed by atoms with Crippen LogP contribution >= 0.6 is 0 Å². The maximum absolute atomic E-state index is 10.7. The van der Waals surface area contributed by atoms with Crippen molar-refractivity contribution in [3.05, 3.63) is 37.3 Å². The van der Waals surface area contributed by atoms with E-state index in [0.29, 0.717) is 0 Å². The van der Waals surface area contributed by atoms with E-state index < -0.39 is 0 Å². The molecule has 1 rings (SSSR count). The van der Waals surface area contributed by atoms with Crippen molar-refractivity contribution < 1.29 is 47.0 Å². The summed E-state index contributed by atoms with van der Waals surface area (Å²) in [4.78, 5) is 20.5. The predicted octanol–water partition coefficient (Wildman–Crippen LogP) is 1.68. The van der Waals surface area contributed by atoms with Crippen LogP contribution in [0.4, 0.5) is 5.69 Å². The molecule has 85 valence electrons. The zero-order valence-electron chi connectivity index (χ0n) is 9.32. The average Bonchev–Trinajstić information content (AvgIpc) is 2.16. The Morgan fingerprint density at radius 1 is 1.38 bits per heavy atom. The van der Waals surface area contributed by atoms with Crippen molar-refractivity contribution in [2.45, 2.75) is 13.5 Å². The number of hydrogen-bond donors (Lipinski definition) is 1. The molecule has 0 atom stereocenters. The number of carbonyl (C=O) groups excluding carboxylic acids is 2. The molecule has 0 unspecified atom stereocenters. The molecule has 0 aliphatic carbocycles. The largest absolute Gasteiger partial charge is 0.650 e. The Hall–Kier alpha value is -0.736. The fraction of sp³-hybridized carbons (Fsp3) is 0.182. The van der Waals surface area contributed by atoms with Gasteiger partial charge in [-0.05, 0) is 17.7 Å². The predicted molar refractivity (Wildman–Crippen MR) is 57.6 cm³/mol. The van der Waals surface area contributed by atoms with E-state index in [9.17, 15) is 9.59 Å². The molecule has 1 aromatic rings. The first-order valence-electron chi connectivity index (χ1n) is 4.08. The molecule has 0 heterocycles. The third-order valence-corrected chi connectivity index (χ3v) is 1.57. The van der Waals surface area contributed by atoms with Gasteiger partial charge in [0.25, 0.3) is 0 Å². The molecule has 0 aliphatic heterocycles. The number of rotatable bonds is 4. The van der Waals surface area contributed by atoms with Crippen molar-refractivity contribution in [1.82, 2.24) is 0 Å². The summed E-state index contributed by atoms with van der Waals surface area (Å²) in [6.07, 6.45) is 0. The minimum absolute atomic E-state index is 0. The van der Waals surface area contributed by atoms with Gasteiger partial charge in [0.15, 0.2) is 0 Å². The quantitative estimate of drug-likeness (QED) is 0.860. The molecule has 0 bridgehead atoms. The molecule has 0 saturated heterocycles. The monoisotopic (exact) mass is 296 g/mol. The maximum atomic E-state index is 10.7. The second kappa shape index (κ2) is 9.49. The van der Waals surface area contributed by atoms with Crippen LogP contribution in [0.15, 0.2) is 24.3 Å². The van der Waals surface area contributed by atoms with Gasteiger partial charge in [-0.25, -0.2) is 0 Å². The van der Waals surface area contributed by atoms with E-state index in [4.69, 9.17) is 0 Å². The Morgan fingerprint density at radius 3 is 2.38 bits per heavy atom. The van der Waals surface area contributed by atoms with Crippen molar-refractivity contribution in [3.63, 3.8) is 0 Å². The van der Waals surface area contributed by atoms with Crippen LogP contribution in [0.2, 0.25) is 0 Å². The summed E-state index contributed by atoms with van der Waals surface area (Å²) in [5.74, 6) is -0.116. The molecular formula is C11H13NO3Y-2. The van der Waals surface area contributed by atoms with Gasteiger partial charge in [-0.2, -0.15) is 0 Å². The summed E-state index contributed by atoms with van der Waals surface area (Å²) in [5.41, 5.74) is 1.57. The standard InChI is InChI=1S/C10H10NO3.CH3.Y/c1-8(13)11-10-4-2-9(3-5-10)6-14-7-12;;/h2-5H,6H2,1H3,(H,11,13);1H3;/q2*-1;. The molecule has 16 heavy (non-hydrogen) atoms. The van der Waals surface area contributed by atoms with E-state index >= 15 is 0 Å². The first kappa shape index (κ1) is 17.7. The van der Waals surface area contributed by atoms with E-state index in [0.717, 1.165) is 11.3 Å². The average molecular weight is 296 g/mol. The van der Waals surface area contributed by atoms with Crippen molar-refractivity contribution in [1.29, 1.82) is 0 Å². The molecule has 0 aromatic heterocycles. The van der Waals surface area contributed by atoms with E-state index in [-0.39, 0.29) is 52.6 Å². The van der Waals surface area contributed by atoms with Crippen LogP contribution in [0.25, 0.3) is 0 Å². The minimum Gasteiger partial charge on any atom is -0.650 e. The molecular weight excluding hydrogens is 283 g/mol. The molecule has 4 nitrogen and oxygen atoms in total. The summed E-state index contributed by atoms with van der Waals surface area (Å²) in [5, 5.41) is 2.63. The number of amides is 1. The summed E-state index contributed by atoms with van der Waals surface area (Å²) >= 11 is 0. The molecule has 1 aromatic carbocycles. The normalized spacial score (nSPS) is 8.06. The van der Waals surface area contributed by atoms with Crippen LogP contribution in [-0.4, -0.2) is 12.4 Å². The van der Waals surface area contributed by atoms with E-state index in [1.165, 1.54) is 13.4 Å². The Morgan fingerprint density at radius 2 is 1.94 bits per heavy atom. The molecule has 1 amide bonds. The van der Waals surface area contributed by atoms with Crippen molar-refractivity contribution >= 4 is 18.1 Å². The van der Waals surface area contributed by atoms with Crippen molar-refractivity contribution in [2.24, 2.45) is 0 Å². The Labute approximate surface area is 121 Å². The zero-order valence-corrected chi connectivity index (χ0v) is 12.2. The van der Waals surface area contributed by atoms with Gasteiger partial charge in [-0.3, -0.25) is 4.79 Å². The van der Waals surface area contributed by atoms with Gasteiger partial charge in [-0.15, -0.1) is 0 Å². The second-order valence-electron chi connectivity index (χ2n) is 2.75. The van der Waals surface area contributed by atoms with Gasteiger partial charge in [0.05, 0.1) is 6.61 Å². The third kappa shape index (κ3) is 6.69. The molecule has 0 fully saturated rings. The van der Waals surface area contributed by atoms with Gasteiger partial charge in [-0.1, -0.05) is 18.6 Å². The molecule has 0 saturated carbocycles. The SMILES string of the molecule is CC(=O)Nc1ccc(CO[C-]=O)cc1.[CH3-].[Y]. The Kier molecular flexibility index (Phi) is 10.5. The summed E-state index contributed by atoms with van der Waals surface area (Å²) in [6, 6.07) is 7.01. The summed E-state index contributed by atoms with van der Waals surface area (Å²) in [7, 11) is 0. The van der Waals surface area contributed by atoms with E-state index in [1.807, 2.05) is 0 Å². The molecule has 5 heteroatoms. The Bertz CT molecular complexity index is 325. The first-order valence-corrected chi connectivity index (χ1v) is 4.08. The summed E-state index contributed by atoms with van der Waals surface area (Å²) in [6.45, 7) is 2.98. The third-order valence-electron chi connectivity index (χ3n) is 1.57. The van der Waals surface area contributed by atoms with Crippen LogP contribution in [0.3, 0.4) is 0 Å². The zero-order chi connectivity index (χ0) is 10.4. The van der Waals surface area contributed by atoms with Crippen LogP contribution in [0.5, 0.6) is 0 Å². The molecule has 0 aliphatic rings. The van der Waals surface area contributed by atoms with Gasteiger partial charge in [0, 0.05) is 45.3 Å². The number of anilines is 1. The van der Waals surface area contributed by atoms with Crippen molar-refractivity contribution in [2.75, 3.05) is 5.32 Å². The fourth-order valence-electron chi connectivity index (χ4n) is 1.00. The number of benzene rings is 1. The first-order chi connectivity index (χ1) is 6.72. The van der Waals surface area contributed by atoms with Crippen LogP contribution in [0.1, 0.15) is 12.5 Å². The summed E-state index contributed by atoms with van der Waals surface area (Å²) < 4.78 is 4.45. The number of carbonyl (C=O) groups is 1. The van der Waals surface area contributed by atoms with Gasteiger partial charge >= 0.3 is 0 Å². The second-order valence-corrected chi connectivity index (χ2v) is 2.75. The number of nitrogens with one attached hydrogen (secondary N) is 1. The molecule has 1 N–H and O–H groups in total. The van der Waals surface area contributed by atoms with Gasteiger partial charge in [0.2, 0.25) is 5.91 Å². The minimum atomic E-state index is -0.116. The molecule has 0 spiro atoms. The van der Waals surface area contributed by atoms with Gasteiger partial charge in [0.1, 0.15) is 0 Å². The van der Waals surface area contributed by atoms with Crippen LogP contribution < -0.4 is 5.32 Å². The Balaban J connectivity index is 0. The number of ether oxygens (including phenoxy) is 1. The van der Waals surface area contributed by atoms with Gasteiger partial charge < -0.3 is 22.3 Å². The van der Waals surface area contributed by atoms with Crippen molar-refractivity contribution in [3.8, 4) is 0 Å². The number of hydrogen-bond acceptors (Lipinski definition) is 3. The van der Waals surface area contributed by atoms with Crippen LogP contribution in [0, 0.1) is 7.43 Å². The maximum Gasteiger partial charge on any atom is 0.221 e. The fourth-order valence-corrected chi connectivity index (χ4v) is 1.00. The van der Waals surface area contributed by atoms with E-state index in [1.54, 1.807) is 24.3 Å². The smallest absolute Gasteiger partial charge is 0.221 e. The topological polar surface area (TPSA) is 55.4 Å².